The van der Waals surface area contributed by atoms with E-state index in [1.807, 2.05) is 42.2 Å². The molecule has 0 spiro atoms. The second kappa shape index (κ2) is 7.05. The van der Waals surface area contributed by atoms with Crippen molar-refractivity contribution in [2.45, 2.75) is 26.4 Å². The number of methoxy groups -OCH3 is 1. The maximum atomic E-state index is 12.9. The molecule has 1 atom stereocenters. The number of rotatable bonds is 4. The SMILES string of the molecule is COc1ccccc1N1CCN(Cc2ccccc2C)[C@@H](C)C1=O. The van der Waals surface area contributed by atoms with Gasteiger partial charge in [0.05, 0.1) is 18.8 Å². The lowest BCUT2D eigenvalue weighted by Crippen LogP contribution is -2.55. The van der Waals surface area contributed by atoms with Gasteiger partial charge in [0.15, 0.2) is 0 Å². The zero-order chi connectivity index (χ0) is 17.1. The Morgan fingerprint density at radius 2 is 1.79 bits per heavy atom. The highest BCUT2D eigenvalue weighted by molar-refractivity contribution is 5.98. The van der Waals surface area contributed by atoms with Crippen LogP contribution in [0.2, 0.25) is 0 Å². The highest BCUT2D eigenvalue weighted by Gasteiger charge is 2.33. The first-order valence-electron chi connectivity index (χ1n) is 8.34. The van der Waals surface area contributed by atoms with E-state index in [1.54, 1.807) is 7.11 Å². The molecule has 0 aliphatic carbocycles. The van der Waals surface area contributed by atoms with E-state index in [9.17, 15) is 4.79 Å². The van der Waals surface area contributed by atoms with Gasteiger partial charge < -0.3 is 9.64 Å². The molecule has 0 bridgehead atoms. The van der Waals surface area contributed by atoms with Crippen molar-refractivity contribution >= 4 is 11.6 Å². The number of ether oxygens (including phenoxy) is 1. The fraction of sp³-hybridized carbons (Fsp3) is 0.350. The summed E-state index contributed by atoms with van der Waals surface area (Å²) in [5.41, 5.74) is 3.40. The molecule has 2 aromatic rings. The number of benzene rings is 2. The summed E-state index contributed by atoms with van der Waals surface area (Å²) in [6, 6.07) is 15.9. The molecule has 126 valence electrons. The van der Waals surface area contributed by atoms with Crippen LogP contribution in [0.25, 0.3) is 0 Å². The van der Waals surface area contributed by atoms with Gasteiger partial charge in [-0.3, -0.25) is 9.69 Å². The molecule has 1 fully saturated rings. The van der Waals surface area contributed by atoms with Gasteiger partial charge in [-0.2, -0.15) is 0 Å². The quantitative estimate of drug-likeness (QED) is 0.865. The minimum atomic E-state index is -0.150. The van der Waals surface area contributed by atoms with E-state index in [0.29, 0.717) is 6.54 Å². The van der Waals surface area contributed by atoms with E-state index in [0.717, 1.165) is 24.5 Å². The molecule has 0 saturated carbocycles. The Hall–Kier alpha value is -2.33. The lowest BCUT2D eigenvalue weighted by atomic mass is 10.1. The van der Waals surface area contributed by atoms with Gasteiger partial charge in [-0.15, -0.1) is 0 Å². The topological polar surface area (TPSA) is 32.8 Å². The van der Waals surface area contributed by atoms with Gasteiger partial charge in [-0.25, -0.2) is 0 Å². The fourth-order valence-electron chi connectivity index (χ4n) is 3.23. The monoisotopic (exact) mass is 324 g/mol. The number of anilines is 1. The van der Waals surface area contributed by atoms with Crippen LogP contribution in [0.5, 0.6) is 5.75 Å². The molecule has 1 aliphatic heterocycles. The molecule has 0 radical (unpaired) electrons. The lowest BCUT2D eigenvalue weighted by Gasteiger charge is -2.39. The zero-order valence-electron chi connectivity index (χ0n) is 14.5. The summed E-state index contributed by atoms with van der Waals surface area (Å²) in [6.07, 6.45) is 0. The Morgan fingerprint density at radius 3 is 2.54 bits per heavy atom. The molecular formula is C20H24N2O2. The number of hydrogen-bond donors (Lipinski definition) is 0. The first-order valence-corrected chi connectivity index (χ1v) is 8.34. The summed E-state index contributed by atoms with van der Waals surface area (Å²) in [5.74, 6) is 0.865. The number of aryl methyl sites for hydroxylation is 1. The molecule has 2 aromatic carbocycles. The van der Waals surface area contributed by atoms with Crippen LogP contribution in [0.3, 0.4) is 0 Å². The number of carbonyl (C=O) groups excluding carboxylic acids is 1. The van der Waals surface area contributed by atoms with Crippen molar-refractivity contribution in [3.8, 4) is 5.75 Å². The second-order valence-electron chi connectivity index (χ2n) is 6.23. The summed E-state index contributed by atoms with van der Waals surface area (Å²) in [7, 11) is 1.64. The Kier molecular flexibility index (Phi) is 4.86. The average Bonchev–Trinajstić information content (AvgIpc) is 2.61. The second-order valence-corrected chi connectivity index (χ2v) is 6.23. The van der Waals surface area contributed by atoms with Gasteiger partial charge >= 0.3 is 0 Å². The van der Waals surface area contributed by atoms with Gasteiger partial charge in [0, 0.05) is 19.6 Å². The first-order chi connectivity index (χ1) is 11.6. The minimum absolute atomic E-state index is 0.124. The summed E-state index contributed by atoms with van der Waals surface area (Å²) >= 11 is 0. The number of carbonyl (C=O) groups is 1. The van der Waals surface area contributed by atoms with Crippen molar-refractivity contribution in [1.82, 2.24) is 4.90 Å². The van der Waals surface area contributed by atoms with Gasteiger partial charge in [0.2, 0.25) is 5.91 Å². The predicted octanol–water partition coefficient (Wildman–Crippen LogP) is 3.24. The number of amides is 1. The molecule has 1 saturated heterocycles. The van der Waals surface area contributed by atoms with Crippen LogP contribution in [-0.4, -0.2) is 37.0 Å². The first kappa shape index (κ1) is 16.5. The fourth-order valence-corrected chi connectivity index (χ4v) is 3.23. The van der Waals surface area contributed by atoms with Crippen molar-refractivity contribution in [3.05, 3.63) is 59.7 Å². The molecule has 1 aliphatic rings. The third-order valence-electron chi connectivity index (χ3n) is 4.79. The van der Waals surface area contributed by atoms with Crippen LogP contribution >= 0.6 is 0 Å². The van der Waals surface area contributed by atoms with Crippen LogP contribution < -0.4 is 9.64 Å². The van der Waals surface area contributed by atoms with Gasteiger partial charge in [0.1, 0.15) is 5.75 Å². The molecule has 0 unspecified atom stereocenters. The summed E-state index contributed by atoms with van der Waals surface area (Å²) in [6.45, 7) is 6.43. The Morgan fingerprint density at radius 1 is 1.08 bits per heavy atom. The maximum Gasteiger partial charge on any atom is 0.244 e. The highest BCUT2D eigenvalue weighted by atomic mass is 16.5. The van der Waals surface area contributed by atoms with E-state index in [4.69, 9.17) is 4.74 Å². The molecule has 1 amide bonds. The molecule has 0 aromatic heterocycles. The zero-order valence-corrected chi connectivity index (χ0v) is 14.5. The molecule has 4 nitrogen and oxygen atoms in total. The van der Waals surface area contributed by atoms with E-state index in [-0.39, 0.29) is 11.9 Å². The third-order valence-corrected chi connectivity index (χ3v) is 4.79. The van der Waals surface area contributed by atoms with E-state index >= 15 is 0 Å². The number of piperazine rings is 1. The summed E-state index contributed by atoms with van der Waals surface area (Å²) < 4.78 is 5.41. The van der Waals surface area contributed by atoms with Crippen molar-refractivity contribution in [2.24, 2.45) is 0 Å². The Bertz CT molecular complexity index is 729. The summed E-state index contributed by atoms with van der Waals surface area (Å²) in [5, 5.41) is 0. The van der Waals surface area contributed by atoms with Crippen LogP contribution in [0.4, 0.5) is 5.69 Å². The average molecular weight is 324 g/mol. The van der Waals surface area contributed by atoms with E-state index in [1.165, 1.54) is 11.1 Å². The molecular weight excluding hydrogens is 300 g/mol. The molecule has 0 N–H and O–H groups in total. The van der Waals surface area contributed by atoms with Crippen molar-refractivity contribution in [1.29, 1.82) is 0 Å². The van der Waals surface area contributed by atoms with Gasteiger partial charge in [-0.1, -0.05) is 36.4 Å². The molecule has 1 heterocycles. The Labute approximate surface area is 143 Å². The van der Waals surface area contributed by atoms with Gasteiger partial charge in [-0.05, 0) is 37.1 Å². The van der Waals surface area contributed by atoms with E-state index in [2.05, 4.69) is 30.0 Å². The van der Waals surface area contributed by atoms with Crippen molar-refractivity contribution in [2.75, 3.05) is 25.1 Å². The smallest absolute Gasteiger partial charge is 0.244 e. The largest absolute Gasteiger partial charge is 0.495 e. The molecule has 24 heavy (non-hydrogen) atoms. The van der Waals surface area contributed by atoms with Gasteiger partial charge in [0.25, 0.3) is 0 Å². The lowest BCUT2D eigenvalue weighted by molar-refractivity contribution is -0.125. The normalized spacial score (nSPS) is 18.7. The van der Waals surface area contributed by atoms with Crippen LogP contribution in [0.15, 0.2) is 48.5 Å². The van der Waals surface area contributed by atoms with Crippen LogP contribution in [-0.2, 0) is 11.3 Å². The Balaban J connectivity index is 1.78. The van der Waals surface area contributed by atoms with Crippen molar-refractivity contribution < 1.29 is 9.53 Å². The molecule has 3 rings (SSSR count). The van der Waals surface area contributed by atoms with Crippen LogP contribution in [0.1, 0.15) is 18.1 Å². The summed E-state index contributed by atoms with van der Waals surface area (Å²) in [4.78, 5) is 17.0. The van der Waals surface area contributed by atoms with Crippen molar-refractivity contribution in [3.63, 3.8) is 0 Å². The number of hydrogen-bond acceptors (Lipinski definition) is 3. The maximum absolute atomic E-state index is 12.9. The number of para-hydroxylation sites is 2. The third kappa shape index (κ3) is 3.15. The predicted molar refractivity (Wildman–Crippen MR) is 96.4 cm³/mol. The molecule has 4 heteroatoms. The minimum Gasteiger partial charge on any atom is -0.495 e. The van der Waals surface area contributed by atoms with E-state index < -0.39 is 0 Å². The highest BCUT2D eigenvalue weighted by Crippen LogP contribution is 2.30. The van der Waals surface area contributed by atoms with Crippen LogP contribution in [0, 0.1) is 6.92 Å². The standard InChI is InChI=1S/C20H24N2O2/c1-15-8-4-5-9-17(15)14-21-12-13-22(20(23)16(21)2)18-10-6-7-11-19(18)24-3/h4-11,16H,12-14H2,1-3H3/t16-/m0/s1. The number of nitrogens with zero attached hydrogens (tertiary/aromatic N) is 2.